The van der Waals surface area contributed by atoms with E-state index in [0.29, 0.717) is 17.1 Å². The van der Waals surface area contributed by atoms with Crippen molar-refractivity contribution < 1.29 is 13.2 Å². The molecule has 1 heterocycles. The van der Waals surface area contributed by atoms with Crippen LogP contribution in [0.5, 0.6) is 0 Å². The summed E-state index contributed by atoms with van der Waals surface area (Å²) >= 11 is 6.16. The lowest BCUT2D eigenvalue weighted by molar-refractivity contribution is -0.116. The summed E-state index contributed by atoms with van der Waals surface area (Å²) in [4.78, 5) is 14.4. The van der Waals surface area contributed by atoms with E-state index >= 15 is 0 Å². The predicted molar refractivity (Wildman–Crippen MR) is 125 cm³/mol. The number of benzene rings is 3. The maximum Gasteiger partial charge on any atom is 0.240 e. The zero-order chi connectivity index (χ0) is 22.2. The Balaban J connectivity index is 1.87. The average Bonchev–Trinajstić information content (AvgIpc) is 2.75. The van der Waals surface area contributed by atoms with Crippen molar-refractivity contribution in [2.24, 2.45) is 0 Å². The molecule has 0 spiro atoms. The Morgan fingerprint density at radius 3 is 2.48 bits per heavy atom. The van der Waals surface area contributed by atoms with Crippen molar-refractivity contribution in [3.8, 4) is 11.1 Å². The fraction of sp³-hybridized carbons (Fsp3) is 0.125. The van der Waals surface area contributed by atoms with Gasteiger partial charge in [-0.25, -0.2) is 13.1 Å². The summed E-state index contributed by atoms with van der Waals surface area (Å²) in [7, 11) is -2.23. The van der Waals surface area contributed by atoms with Gasteiger partial charge in [-0.15, -0.1) is 0 Å². The Bertz CT molecular complexity index is 1320. The van der Waals surface area contributed by atoms with Crippen LogP contribution in [-0.2, 0) is 21.4 Å². The van der Waals surface area contributed by atoms with Gasteiger partial charge in [-0.05, 0) is 59.6 Å². The molecule has 0 aromatic heterocycles. The van der Waals surface area contributed by atoms with Crippen molar-refractivity contribution in [3.05, 3.63) is 82.4 Å². The highest BCUT2D eigenvalue weighted by Gasteiger charge is 2.21. The molecule has 0 fully saturated rings. The van der Waals surface area contributed by atoms with Crippen molar-refractivity contribution in [2.45, 2.75) is 18.4 Å². The standard InChI is InChI=1S/C24H21ClN2O3S/c1-16(28)27-15-20-13-18(22-5-3-4-6-24(22)31(29,30)26-2)9-7-17(20)8-10-19-14-21(25)11-12-23(19)27/h3-14,26H,15H2,1-2H3. The molecule has 0 radical (unpaired) electrons. The fourth-order valence-corrected chi connectivity index (χ4v) is 4.88. The van der Waals surface area contributed by atoms with Crippen LogP contribution in [0, 0.1) is 0 Å². The second-order valence-electron chi connectivity index (χ2n) is 7.26. The van der Waals surface area contributed by atoms with Gasteiger partial charge in [-0.1, -0.05) is 54.1 Å². The summed E-state index contributed by atoms with van der Waals surface area (Å²) in [6.45, 7) is 1.89. The van der Waals surface area contributed by atoms with E-state index in [1.54, 1.807) is 29.2 Å². The molecule has 158 valence electrons. The zero-order valence-corrected chi connectivity index (χ0v) is 18.7. The van der Waals surface area contributed by atoms with E-state index < -0.39 is 10.0 Å². The van der Waals surface area contributed by atoms with Crippen molar-refractivity contribution >= 4 is 45.4 Å². The highest BCUT2D eigenvalue weighted by molar-refractivity contribution is 7.89. The maximum absolute atomic E-state index is 12.5. The number of hydrogen-bond acceptors (Lipinski definition) is 3. The number of rotatable bonds is 3. The number of carbonyl (C=O) groups is 1. The highest BCUT2D eigenvalue weighted by Crippen LogP contribution is 2.34. The number of nitrogens with zero attached hydrogens (tertiary/aromatic N) is 1. The first-order valence-corrected chi connectivity index (χ1v) is 11.6. The summed E-state index contributed by atoms with van der Waals surface area (Å²) in [6, 6.07) is 18.1. The molecular formula is C24H21ClN2O3S. The summed E-state index contributed by atoms with van der Waals surface area (Å²) in [5, 5.41) is 0.602. The second kappa shape index (κ2) is 8.30. The molecule has 0 saturated carbocycles. The van der Waals surface area contributed by atoms with Gasteiger partial charge in [0, 0.05) is 17.5 Å². The predicted octanol–water partition coefficient (Wildman–Crippen LogP) is 4.95. The topological polar surface area (TPSA) is 66.5 Å². The van der Waals surface area contributed by atoms with Crippen LogP contribution in [0.4, 0.5) is 5.69 Å². The minimum atomic E-state index is -3.62. The molecule has 1 aliphatic heterocycles. The summed E-state index contributed by atoms with van der Waals surface area (Å²) in [5.74, 6) is -0.0895. The minimum Gasteiger partial charge on any atom is -0.308 e. The van der Waals surface area contributed by atoms with E-state index in [1.807, 2.05) is 48.6 Å². The van der Waals surface area contributed by atoms with Crippen LogP contribution < -0.4 is 9.62 Å². The average molecular weight is 453 g/mol. The number of fused-ring (bicyclic) bond motifs is 2. The number of anilines is 1. The van der Waals surface area contributed by atoms with Crippen LogP contribution in [0.2, 0.25) is 5.02 Å². The normalized spacial score (nSPS) is 13.2. The van der Waals surface area contributed by atoms with Crippen LogP contribution in [0.15, 0.2) is 65.6 Å². The highest BCUT2D eigenvalue weighted by atomic mass is 35.5. The number of carbonyl (C=O) groups excluding carboxylic acids is 1. The molecule has 1 amide bonds. The van der Waals surface area contributed by atoms with Gasteiger partial charge >= 0.3 is 0 Å². The Kier molecular flexibility index (Phi) is 5.71. The number of sulfonamides is 1. The molecule has 0 saturated heterocycles. The maximum atomic E-state index is 12.5. The van der Waals surface area contributed by atoms with Gasteiger partial charge in [0.05, 0.1) is 17.1 Å². The van der Waals surface area contributed by atoms with Gasteiger partial charge < -0.3 is 4.90 Å². The van der Waals surface area contributed by atoms with Gasteiger partial charge in [0.2, 0.25) is 15.9 Å². The van der Waals surface area contributed by atoms with Crippen LogP contribution in [0.1, 0.15) is 23.6 Å². The third-order valence-electron chi connectivity index (χ3n) is 5.33. The lowest BCUT2D eigenvalue weighted by Crippen LogP contribution is -2.29. The van der Waals surface area contributed by atoms with Crippen molar-refractivity contribution in [2.75, 3.05) is 11.9 Å². The van der Waals surface area contributed by atoms with Crippen molar-refractivity contribution in [1.29, 1.82) is 0 Å². The first kappa shape index (κ1) is 21.3. The molecule has 0 atom stereocenters. The lowest BCUT2D eigenvalue weighted by Gasteiger charge is -2.26. The molecule has 1 N–H and O–H groups in total. The number of nitrogens with one attached hydrogen (secondary N) is 1. The molecule has 31 heavy (non-hydrogen) atoms. The molecule has 3 aromatic rings. The fourth-order valence-electron chi connectivity index (χ4n) is 3.74. The molecule has 0 aliphatic carbocycles. The lowest BCUT2D eigenvalue weighted by atomic mass is 9.96. The van der Waals surface area contributed by atoms with Crippen LogP contribution in [0.25, 0.3) is 23.3 Å². The number of halogens is 1. The van der Waals surface area contributed by atoms with Gasteiger partial charge in [0.15, 0.2) is 0 Å². The molecule has 1 aliphatic rings. The van der Waals surface area contributed by atoms with Gasteiger partial charge in [0.25, 0.3) is 0 Å². The molecule has 3 aromatic carbocycles. The third kappa shape index (κ3) is 4.14. The third-order valence-corrected chi connectivity index (χ3v) is 7.04. The molecule has 5 nitrogen and oxygen atoms in total. The van der Waals surface area contributed by atoms with Crippen LogP contribution in [0.3, 0.4) is 0 Å². The van der Waals surface area contributed by atoms with E-state index in [0.717, 1.165) is 27.9 Å². The van der Waals surface area contributed by atoms with E-state index in [4.69, 9.17) is 11.6 Å². The van der Waals surface area contributed by atoms with E-state index in [9.17, 15) is 13.2 Å². The molecule has 4 rings (SSSR count). The summed E-state index contributed by atoms with van der Waals surface area (Å²) in [6.07, 6.45) is 3.93. The molecule has 0 bridgehead atoms. The summed E-state index contributed by atoms with van der Waals surface area (Å²) < 4.78 is 27.4. The SMILES string of the molecule is CNS(=O)(=O)c1ccccc1-c1ccc2c(c1)CN(C(C)=O)c1ccc(Cl)cc1C=C2. The second-order valence-corrected chi connectivity index (χ2v) is 9.55. The van der Waals surface area contributed by atoms with Crippen LogP contribution in [-0.4, -0.2) is 21.4 Å². The van der Waals surface area contributed by atoms with E-state index in [-0.39, 0.29) is 10.8 Å². The Hall–Kier alpha value is -2.93. The summed E-state index contributed by atoms with van der Waals surface area (Å²) in [5.41, 5.74) is 4.88. The van der Waals surface area contributed by atoms with Gasteiger partial charge in [0.1, 0.15) is 0 Å². The molecular weight excluding hydrogens is 432 g/mol. The Morgan fingerprint density at radius 1 is 1.00 bits per heavy atom. The zero-order valence-electron chi connectivity index (χ0n) is 17.1. The number of amides is 1. The Labute approximate surface area is 187 Å². The van der Waals surface area contributed by atoms with E-state index in [1.165, 1.54) is 14.0 Å². The first-order chi connectivity index (χ1) is 14.8. The van der Waals surface area contributed by atoms with Crippen LogP contribution >= 0.6 is 11.6 Å². The van der Waals surface area contributed by atoms with Crippen molar-refractivity contribution in [3.63, 3.8) is 0 Å². The minimum absolute atomic E-state index is 0.0895. The van der Waals surface area contributed by atoms with Gasteiger partial charge in [-0.2, -0.15) is 0 Å². The Morgan fingerprint density at radius 2 is 1.74 bits per heavy atom. The van der Waals surface area contributed by atoms with Gasteiger partial charge in [-0.3, -0.25) is 4.79 Å². The smallest absolute Gasteiger partial charge is 0.240 e. The molecule has 0 unspecified atom stereocenters. The first-order valence-electron chi connectivity index (χ1n) is 9.72. The van der Waals surface area contributed by atoms with E-state index in [2.05, 4.69) is 4.72 Å². The molecule has 7 heteroatoms. The van der Waals surface area contributed by atoms with Crippen molar-refractivity contribution in [1.82, 2.24) is 4.72 Å². The quantitative estimate of drug-likeness (QED) is 0.611. The largest absolute Gasteiger partial charge is 0.308 e. The monoisotopic (exact) mass is 452 g/mol. The number of hydrogen-bond donors (Lipinski definition) is 1.